The molecule has 0 aromatic rings. The zero-order valence-electron chi connectivity index (χ0n) is 31.3. The van der Waals surface area contributed by atoms with E-state index < -0.39 is 32.9 Å². The average Bonchev–Trinajstić information content (AvgIpc) is 2.94. The van der Waals surface area contributed by atoms with Crippen molar-refractivity contribution in [2.45, 2.75) is 148 Å². The molecule has 0 heterocycles. The molecule has 0 spiro atoms. The van der Waals surface area contributed by atoms with Crippen molar-refractivity contribution in [3.63, 3.8) is 0 Å². The van der Waals surface area contributed by atoms with Crippen LogP contribution >= 0.6 is 0 Å². The monoisotopic (exact) mass is 818 g/mol. The van der Waals surface area contributed by atoms with E-state index in [0.717, 1.165) is 0 Å². The largest absolute Gasteiger partial charge is 0.668 e. The van der Waals surface area contributed by atoms with Gasteiger partial charge >= 0.3 is 0 Å². The molecule has 0 aromatic heterocycles. The Kier molecular flexibility index (Phi) is 24.7. The van der Waals surface area contributed by atoms with Crippen molar-refractivity contribution in [1.29, 1.82) is 0 Å². The normalized spacial score (nSPS) is 20.6. The van der Waals surface area contributed by atoms with Gasteiger partial charge in [-0.2, -0.15) is 0 Å². The van der Waals surface area contributed by atoms with E-state index in [2.05, 4.69) is 148 Å². The van der Waals surface area contributed by atoms with Crippen molar-refractivity contribution < 1.29 is 54.6 Å². The van der Waals surface area contributed by atoms with Crippen LogP contribution in [-0.4, -0.2) is 32.9 Å². The van der Waals surface area contributed by atoms with E-state index in [1.807, 2.05) is 0 Å². The van der Waals surface area contributed by atoms with Crippen molar-refractivity contribution in [3.05, 3.63) is 68.5 Å². The topological polar surface area (TPSA) is 28.2 Å². The Labute approximate surface area is 301 Å². The SMILES string of the molecule is C[C]1[C](C)[C](C)[C](C)[C]1C.C[C]1[C](C)[C](C)[C](C)[C]1C.C[Si](C)(C)[N-][Si](C)(C)C.C[Si](C)(C)[N-][Si](C)(C)C.[Cd].[Cd]. The molecular weight excluding hydrogens is 750 g/mol. The van der Waals surface area contributed by atoms with Gasteiger partial charge in [0.25, 0.3) is 0 Å². The van der Waals surface area contributed by atoms with Crippen molar-refractivity contribution in [1.82, 2.24) is 0 Å². The molecule has 0 bridgehead atoms. The Morgan fingerprint density at radius 2 is 0.325 bits per heavy atom. The summed E-state index contributed by atoms with van der Waals surface area (Å²) in [7, 11) is -4.42. The van der Waals surface area contributed by atoms with E-state index in [9.17, 15) is 0 Å². The van der Waals surface area contributed by atoms with Gasteiger partial charge in [-0.1, -0.05) is 181 Å². The summed E-state index contributed by atoms with van der Waals surface area (Å²) in [6, 6.07) is 0. The predicted octanol–water partition coefficient (Wildman–Crippen LogP) is 12.0. The van der Waals surface area contributed by atoms with Gasteiger partial charge in [-0.15, -0.1) is 0 Å². The van der Waals surface area contributed by atoms with Gasteiger partial charge in [-0.3, -0.25) is 0 Å². The Morgan fingerprint density at radius 1 is 0.250 bits per heavy atom. The van der Waals surface area contributed by atoms with Gasteiger partial charge in [0.05, 0.1) is 0 Å². The molecule has 0 aliphatic heterocycles. The molecule has 8 heteroatoms. The molecule has 10 radical (unpaired) electrons. The minimum absolute atomic E-state index is 0. The fourth-order valence-corrected chi connectivity index (χ4v) is 20.9. The first kappa shape index (κ1) is 49.5. The van der Waals surface area contributed by atoms with Crippen molar-refractivity contribution in [2.75, 3.05) is 0 Å². The van der Waals surface area contributed by atoms with Crippen LogP contribution < -0.4 is 0 Å². The molecule has 226 valence electrons. The van der Waals surface area contributed by atoms with Gasteiger partial charge in [0.15, 0.2) is 0 Å². The zero-order valence-corrected chi connectivity index (χ0v) is 43.4. The van der Waals surface area contributed by atoms with Crippen molar-refractivity contribution in [3.8, 4) is 0 Å². The molecule has 0 aromatic carbocycles. The molecule has 0 N–H and O–H groups in total. The number of nitrogens with zero attached hydrogens (tertiary/aromatic N) is 2. The molecule has 0 unspecified atom stereocenters. The second-order valence-electron chi connectivity index (χ2n) is 15.2. The molecule has 2 aliphatic rings. The van der Waals surface area contributed by atoms with Gasteiger partial charge < -0.3 is 9.30 Å². The molecule has 2 aliphatic carbocycles. The predicted molar refractivity (Wildman–Crippen MR) is 189 cm³/mol. The molecule has 40 heavy (non-hydrogen) atoms. The molecule has 2 rings (SSSR count). The first-order valence-electron chi connectivity index (χ1n) is 14.4. The van der Waals surface area contributed by atoms with Gasteiger partial charge in [-0.25, -0.2) is 0 Å². The summed E-state index contributed by atoms with van der Waals surface area (Å²) in [5.74, 6) is 14.7. The first-order chi connectivity index (χ1) is 16.5. The minimum atomic E-state index is -1.11. The number of rotatable bonds is 4. The van der Waals surface area contributed by atoms with E-state index >= 15 is 0 Å². The van der Waals surface area contributed by atoms with Gasteiger partial charge in [0, 0.05) is 54.6 Å². The Balaban J connectivity index is -0.000000213. The smallest absolute Gasteiger partial charge is 0 e. The van der Waals surface area contributed by atoms with Crippen molar-refractivity contribution in [2.24, 2.45) is 0 Å². The summed E-state index contributed by atoms with van der Waals surface area (Å²) in [6.07, 6.45) is 0. The summed E-state index contributed by atoms with van der Waals surface area (Å²) < 4.78 is 9.64. The van der Waals surface area contributed by atoms with Crippen LogP contribution in [0.25, 0.3) is 9.30 Å². The van der Waals surface area contributed by atoms with E-state index in [4.69, 9.17) is 9.30 Å². The first-order valence-corrected chi connectivity index (χ1v) is 28.2. The second-order valence-corrected chi connectivity index (χ2v) is 34.3. The van der Waals surface area contributed by atoms with Crippen LogP contribution in [0.2, 0.25) is 78.6 Å². The van der Waals surface area contributed by atoms with Crippen LogP contribution in [0.4, 0.5) is 0 Å². The molecular formula is C32H66Cd2N2Si4-2. The maximum atomic E-state index is 4.82. The quantitative estimate of drug-likeness (QED) is 0.253. The van der Waals surface area contributed by atoms with E-state index in [1.165, 1.54) is 59.2 Å². The minimum Gasteiger partial charge on any atom is -0.668 e. The van der Waals surface area contributed by atoms with Crippen molar-refractivity contribution >= 4 is 32.9 Å². The molecule has 2 nitrogen and oxygen atoms in total. The zero-order chi connectivity index (χ0) is 31.2. The van der Waals surface area contributed by atoms with E-state index in [0.29, 0.717) is 0 Å². The Bertz CT molecular complexity index is 484. The summed E-state index contributed by atoms with van der Waals surface area (Å²) >= 11 is 0. The molecule has 2 fully saturated rings. The van der Waals surface area contributed by atoms with Crippen LogP contribution in [0.3, 0.4) is 0 Å². The third-order valence-corrected chi connectivity index (χ3v) is 17.7. The summed E-state index contributed by atoms with van der Waals surface area (Å²) in [5, 5.41) is 0. The van der Waals surface area contributed by atoms with Crippen LogP contribution in [0, 0.1) is 59.2 Å². The van der Waals surface area contributed by atoms with Gasteiger partial charge in [0.1, 0.15) is 0 Å². The average molecular weight is 816 g/mol. The second kappa shape index (κ2) is 20.0. The van der Waals surface area contributed by atoms with Gasteiger partial charge in [-0.05, 0) is 59.2 Å². The number of hydrogen-bond donors (Lipinski definition) is 0. The van der Waals surface area contributed by atoms with Gasteiger partial charge in [0.2, 0.25) is 0 Å². The maximum absolute atomic E-state index is 4.82. The Hall–Kier alpha value is 2.63. The molecule has 0 atom stereocenters. The standard InChI is InChI=1S/2C10H15.2C6H18NSi2.2Cd/c2*1-6-7(2)9(4)10(5)8(6)3;2*1-8(2,3)7-9(4,5)6;;/h2*1-5H3;2*1-6H3;;/q;;2*-1;;. The summed E-state index contributed by atoms with van der Waals surface area (Å²) in [4.78, 5) is 0. The van der Waals surface area contributed by atoms with Crippen LogP contribution in [0.15, 0.2) is 0 Å². The maximum Gasteiger partial charge on any atom is 0 e. The fourth-order valence-electron chi connectivity index (χ4n) is 4.82. The van der Waals surface area contributed by atoms with E-state index in [-0.39, 0.29) is 54.6 Å². The fraction of sp³-hybridized carbons (Fsp3) is 0.688. The van der Waals surface area contributed by atoms with Crippen LogP contribution in [0.5, 0.6) is 0 Å². The molecule has 2 saturated carbocycles. The number of hydrogen-bond acceptors (Lipinski definition) is 0. The van der Waals surface area contributed by atoms with Crippen LogP contribution in [-0.2, 0) is 54.6 Å². The Morgan fingerprint density at radius 3 is 0.350 bits per heavy atom. The van der Waals surface area contributed by atoms with E-state index in [1.54, 1.807) is 0 Å². The third-order valence-electron chi connectivity index (χ3n) is 6.97. The molecule has 0 saturated heterocycles. The summed E-state index contributed by atoms with van der Waals surface area (Å²) in [5.41, 5.74) is 0. The molecule has 0 amide bonds. The summed E-state index contributed by atoms with van der Waals surface area (Å²) in [6.45, 7) is 49.6. The third kappa shape index (κ3) is 21.4. The van der Waals surface area contributed by atoms with Crippen LogP contribution in [0.1, 0.15) is 69.2 Å².